The molecule has 8 nitrogen and oxygen atoms in total. The van der Waals surface area contributed by atoms with Crippen LogP contribution in [0, 0.1) is 13.8 Å². The minimum atomic E-state index is -0.609. The summed E-state index contributed by atoms with van der Waals surface area (Å²) in [5, 5.41) is 3.35. The first kappa shape index (κ1) is 32.6. The van der Waals surface area contributed by atoms with Gasteiger partial charge in [-0.2, -0.15) is 0 Å². The Bertz CT molecular complexity index is 1330. The predicted octanol–water partition coefficient (Wildman–Crippen LogP) is 6.42. The van der Waals surface area contributed by atoms with Crippen LogP contribution in [0.4, 0.5) is 0 Å². The largest absolute Gasteiger partial charge is 0.488 e. The van der Waals surface area contributed by atoms with Gasteiger partial charge < -0.3 is 28.4 Å². The van der Waals surface area contributed by atoms with Crippen LogP contribution in [0.15, 0.2) is 60.7 Å². The lowest BCUT2D eigenvalue weighted by Gasteiger charge is -2.23. The van der Waals surface area contributed by atoms with Crippen molar-refractivity contribution in [1.29, 1.82) is 0 Å². The molecular formula is C34H42O8. The van der Waals surface area contributed by atoms with E-state index in [2.05, 4.69) is 13.2 Å². The summed E-state index contributed by atoms with van der Waals surface area (Å²) in [6, 6.07) is 12.1. The molecule has 0 amide bonds. The van der Waals surface area contributed by atoms with Crippen LogP contribution in [0.5, 0.6) is 11.5 Å². The SMILES string of the molecule is C=C(C)COCC(COc1c2ccc(C)cc2c(OCC(COCC(=C)C)OC(C)=O)c2ccc(C)cc12)OC(C)=O. The van der Waals surface area contributed by atoms with Crippen molar-refractivity contribution in [3.63, 3.8) is 0 Å². The molecule has 2 atom stereocenters. The fourth-order valence-corrected chi connectivity index (χ4v) is 4.47. The second-order valence-corrected chi connectivity index (χ2v) is 10.8. The molecule has 3 rings (SSSR count). The molecule has 0 saturated heterocycles. The van der Waals surface area contributed by atoms with Crippen LogP contribution < -0.4 is 9.47 Å². The summed E-state index contributed by atoms with van der Waals surface area (Å²) >= 11 is 0. The van der Waals surface area contributed by atoms with E-state index in [-0.39, 0.29) is 26.4 Å². The van der Waals surface area contributed by atoms with E-state index in [1.165, 1.54) is 13.8 Å². The van der Waals surface area contributed by atoms with Gasteiger partial charge in [0.2, 0.25) is 0 Å². The number of carbonyl (C=O) groups excluding carboxylic acids is 2. The molecule has 3 aromatic rings. The van der Waals surface area contributed by atoms with Crippen LogP contribution >= 0.6 is 0 Å². The topological polar surface area (TPSA) is 89.5 Å². The Kier molecular flexibility index (Phi) is 11.9. The summed E-state index contributed by atoms with van der Waals surface area (Å²) in [4.78, 5) is 23.6. The fraction of sp³-hybridized carbons (Fsp3) is 0.412. The molecule has 42 heavy (non-hydrogen) atoms. The highest BCUT2D eigenvalue weighted by Crippen LogP contribution is 2.43. The number of benzene rings is 3. The predicted molar refractivity (Wildman–Crippen MR) is 164 cm³/mol. The Morgan fingerprint density at radius 2 is 1.00 bits per heavy atom. The zero-order valence-electron chi connectivity index (χ0n) is 25.5. The summed E-state index contributed by atoms with van der Waals surface area (Å²) in [5.74, 6) is 0.466. The number of carbonyl (C=O) groups is 2. The van der Waals surface area contributed by atoms with Crippen molar-refractivity contribution in [2.45, 2.75) is 53.8 Å². The number of fused-ring (bicyclic) bond motifs is 2. The van der Waals surface area contributed by atoms with Gasteiger partial charge in [0.1, 0.15) is 24.7 Å². The number of hydrogen-bond acceptors (Lipinski definition) is 8. The maximum absolute atomic E-state index is 11.8. The van der Waals surface area contributed by atoms with Gasteiger partial charge in [-0.15, -0.1) is 0 Å². The highest BCUT2D eigenvalue weighted by molar-refractivity contribution is 6.11. The first-order chi connectivity index (χ1) is 19.9. The molecule has 8 heteroatoms. The number of esters is 2. The minimum absolute atomic E-state index is 0.0938. The van der Waals surface area contributed by atoms with Crippen molar-refractivity contribution in [3.8, 4) is 11.5 Å². The number of aryl methyl sites for hydroxylation is 2. The molecule has 3 aromatic carbocycles. The Labute approximate surface area is 248 Å². The summed E-state index contributed by atoms with van der Waals surface area (Å²) in [6.45, 7) is 19.4. The van der Waals surface area contributed by atoms with Crippen LogP contribution in [-0.2, 0) is 28.5 Å². The third kappa shape index (κ3) is 9.60. The van der Waals surface area contributed by atoms with Crippen LogP contribution in [-0.4, -0.2) is 63.8 Å². The second-order valence-electron chi connectivity index (χ2n) is 10.8. The Morgan fingerprint density at radius 1 is 0.619 bits per heavy atom. The van der Waals surface area contributed by atoms with Gasteiger partial charge in [0.25, 0.3) is 0 Å². The standard InChI is InChI=1S/C34H42O8/c1-21(2)15-37-17-27(41-25(7)35)19-39-33-29-11-9-24(6)14-32(29)34(30-12-10-23(5)13-31(30)33)40-20-28(42-26(8)36)18-38-16-22(3)4/h9-14,27-28H,1,3,15-20H2,2,4-8H3. The Balaban J connectivity index is 2.01. The highest BCUT2D eigenvalue weighted by atomic mass is 16.6. The molecule has 2 unspecified atom stereocenters. The summed E-state index contributed by atoms with van der Waals surface area (Å²) in [7, 11) is 0. The quantitative estimate of drug-likeness (QED) is 0.109. The molecule has 0 aliphatic heterocycles. The molecule has 0 saturated carbocycles. The maximum Gasteiger partial charge on any atom is 0.303 e. The van der Waals surface area contributed by atoms with E-state index < -0.39 is 24.1 Å². The van der Waals surface area contributed by atoms with Gasteiger partial charge in [-0.05, 0) is 39.8 Å². The fourth-order valence-electron chi connectivity index (χ4n) is 4.47. The smallest absolute Gasteiger partial charge is 0.303 e. The molecular weight excluding hydrogens is 536 g/mol. The van der Waals surface area contributed by atoms with E-state index in [4.69, 9.17) is 28.4 Å². The van der Waals surface area contributed by atoms with Gasteiger partial charge in [0.15, 0.2) is 12.2 Å². The van der Waals surface area contributed by atoms with Crippen LogP contribution in [0.25, 0.3) is 21.5 Å². The van der Waals surface area contributed by atoms with Crippen molar-refractivity contribution in [2.75, 3.05) is 39.6 Å². The maximum atomic E-state index is 11.8. The molecule has 0 aliphatic carbocycles. The number of rotatable bonds is 16. The molecule has 0 heterocycles. The van der Waals surface area contributed by atoms with E-state index in [1.54, 1.807) is 0 Å². The molecule has 0 bridgehead atoms. The summed E-state index contributed by atoms with van der Waals surface area (Å²) in [5.41, 5.74) is 3.82. The van der Waals surface area contributed by atoms with Crippen molar-refractivity contribution < 1.29 is 38.0 Å². The van der Waals surface area contributed by atoms with E-state index in [0.717, 1.165) is 43.8 Å². The lowest BCUT2D eigenvalue weighted by Crippen LogP contribution is -2.29. The molecule has 0 aromatic heterocycles. The van der Waals surface area contributed by atoms with Crippen molar-refractivity contribution in [3.05, 3.63) is 71.8 Å². The third-order valence-electron chi connectivity index (χ3n) is 6.13. The van der Waals surface area contributed by atoms with Gasteiger partial charge in [-0.25, -0.2) is 0 Å². The van der Waals surface area contributed by atoms with Crippen LogP contribution in [0.1, 0.15) is 38.8 Å². The number of hydrogen-bond donors (Lipinski definition) is 0. The van der Waals surface area contributed by atoms with E-state index in [9.17, 15) is 9.59 Å². The molecule has 0 spiro atoms. The molecule has 0 N–H and O–H groups in total. The first-order valence-corrected chi connectivity index (χ1v) is 14.0. The molecule has 0 fully saturated rings. The summed E-state index contributed by atoms with van der Waals surface area (Å²) < 4.78 is 35.2. The van der Waals surface area contributed by atoms with Gasteiger partial charge >= 0.3 is 11.9 Å². The average Bonchev–Trinajstić information content (AvgIpc) is 2.89. The van der Waals surface area contributed by atoms with Crippen molar-refractivity contribution in [2.24, 2.45) is 0 Å². The first-order valence-electron chi connectivity index (χ1n) is 14.0. The second kappa shape index (κ2) is 15.4. The van der Waals surface area contributed by atoms with E-state index in [1.807, 2.05) is 64.1 Å². The normalized spacial score (nSPS) is 12.5. The molecule has 0 radical (unpaired) electrons. The zero-order chi connectivity index (χ0) is 30.8. The Hall–Kier alpha value is -3.88. The number of ether oxygens (including phenoxy) is 6. The molecule has 226 valence electrons. The molecule has 0 aliphatic rings. The van der Waals surface area contributed by atoms with Gasteiger partial charge in [0, 0.05) is 35.4 Å². The van der Waals surface area contributed by atoms with Crippen molar-refractivity contribution in [1.82, 2.24) is 0 Å². The lowest BCUT2D eigenvalue weighted by molar-refractivity contribution is -0.152. The van der Waals surface area contributed by atoms with Gasteiger partial charge in [0.05, 0.1) is 26.4 Å². The van der Waals surface area contributed by atoms with Gasteiger partial charge in [-0.3, -0.25) is 9.59 Å². The van der Waals surface area contributed by atoms with Crippen LogP contribution in [0.2, 0.25) is 0 Å². The van der Waals surface area contributed by atoms with E-state index in [0.29, 0.717) is 24.7 Å². The lowest BCUT2D eigenvalue weighted by atomic mass is 9.97. The van der Waals surface area contributed by atoms with E-state index >= 15 is 0 Å². The average molecular weight is 579 g/mol. The monoisotopic (exact) mass is 578 g/mol. The van der Waals surface area contributed by atoms with Gasteiger partial charge in [-0.1, -0.05) is 59.7 Å². The summed E-state index contributed by atoms with van der Waals surface area (Å²) in [6.07, 6.45) is -1.22. The Morgan fingerprint density at radius 3 is 1.33 bits per heavy atom. The third-order valence-corrected chi connectivity index (χ3v) is 6.13. The van der Waals surface area contributed by atoms with Crippen molar-refractivity contribution >= 4 is 33.5 Å². The highest BCUT2D eigenvalue weighted by Gasteiger charge is 2.22. The zero-order valence-corrected chi connectivity index (χ0v) is 25.5. The van der Waals surface area contributed by atoms with Crippen LogP contribution in [0.3, 0.4) is 0 Å². The minimum Gasteiger partial charge on any atom is -0.488 e.